The summed E-state index contributed by atoms with van der Waals surface area (Å²) in [6, 6.07) is 0.609. The Morgan fingerprint density at radius 1 is 1.04 bits per heavy atom. The van der Waals surface area contributed by atoms with Gasteiger partial charge in [-0.05, 0) is 57.9 Å². The quantitative estimate of drug-likeness (QED) is 0.738. The minimum Gasteiger partial charge on any atom is -0.365 e. The normalized spacial score (nSPS) is 25.0. The van der Waals surface area contributed by atoms with Gasteiger partial charge in [-0.15, -0.1) is 12.4 Å². The lowest BCUT2D eigenvalue weighted by Gasteiger charge is -2.34. The van der Waals surface area contributed by atoms with Crippen LogP contribution < -0.4 is 5.32 Å². The van der Waals surface area contributed by atoms with E-state index in [1.54, 1.807) is 0 Å². The van der Waals surface area contributed by atoms with Crippen molar-refractivity contribution in [2.75, 3.05) is 19.6 Å². The highest BCUT2D eigenvalue weighted by Crippen LogP contribution is 2.28. The number of hydrogen-bond acceptors (Lipinski definition) is 3. The van der Waals surface area contributed by atoms with E-state index >= 15 is 0 Å². The predicted molar refractivity (Wildman–Crippen MR) is 99.6 cm³/mol. The fourth-order valence-electron chi connectivity index (χ4n) is 3.94. The van der Waals surface area contributed by atoms with Crippen LogP contribution in [-0.2, 0) is 9.53 Å². The topological polar surface area (TPSA) is 41.6 Å². The standard InChI is InChI=1S/C19H34N2O2.ClH/c1-15(23-18-6-4-2-3-5-7-18)19(22)21-12-10-17(11-13-21)20-14-16-8-9-16;/h15-18,20H,2-14H2,1H3;1H. The van der Waals surface area contributed by atoms with Crippen molar-refractivity contribution >= 4 is 18.3 Å². The summed E-state index contributed by atoms with van der Waals surface area (Å²) in [5.41, 5.74) is 0. The molecule has 5 heteroatoms. The molecule has 140 valence electrons. The lowest BCUT2D eigenvalue weighted by Crippen LogP contribution is -2.48. The summed E-state index contributed by atoms with van der Waals surface area (Å²) >= 11 is 0. The molecule has 1 N–H and O–H groups in total. The van der Waals surface area contributed by atoms with E-state index < -0.39 is 0 Å². The van der Waals surface area contributed by atoms with Gasteiger partial charge in [-0.2, -0.15) is 0 Å². The van der Waals surface area contributed by atoms with Crippen molar-refractivity contribution < 1.29 is 9.53 Å². The highest BCUT2D eigenvalue weighted by molar-refractivity contribution is 5.85. The number of likely N-dealkylation sites (tertiary alicyclic amines) is 1. The number of halogens is 1. The maximum atomic E-state index is 12.6. The second-order valence-corrected chi connectivity index (χ2v) is 7.84. The van der Waals surface area contributed by atoms with Crippen LogP contribution in [0.1, 0.15) is 71.1 Å². The number of hydrogen-bond donors (Lipinski definition) is 1. The zero-order chi connectivity index (χ0) is 16.1. The zero-order valence-corrected chi connectivity index (χ0v) is 16.0. The molecular weight excluding hydrogens is 324 g/mol. The molecule has 0 aromatic heterocycles. The molecule has 3 rings (SSSR count). The van der Waals surface area contributed by atoms with E-state index in [1.165, 1.54) is 45.1 Å². The lowest BCUT2D eigenvalue weighted by atomic mass is 10.0. The molecule has 0 aromatic rings. The number of nitrogens with zero attached hydrogens (tertiary/aromatic N) is 1. The molecule has 2 saturated carbocycles. The van der Waals surface area contributed by atoms with Gasteiger partial charge in [0, 0.05) is 19.1 Å². The highest BCUT2D eigenvalue weighted by Gasteiger charge is 2.29. The van der Waals surface area contributed by atoms with Gasteiger partial charge in [0.15, 0.2) is 0 Å². The molecule has 4 nitrogen and oxygen atoms in total. The number of carbonyl (C=O) groups is 1. The van der Waals surface area contributed by atoms with Crippen LogP contribution in [0.25, 0.3) is 0 Å². The summed E-state index contributed by atoms with van der Waals surface area (Å²) in [6.07, 6.45) is 12.4. The van der Waals surface area contributed by atoms with E-state index in [0.29, 0.717) is 12.1 Å². The van der Waals surface area contributed by atoms with Crippen LogP contribution in [0.3, 0.4) is 0 Å². The van der Waals surface area contributed by atoms with Crippen LogP contribution in [-0.4, -0.2) is 48.7 Å². The molecule has 0 bridgehead atoms. The third-order valence-electron chi connectivity index (χ3n) is 5.75. The maximum absolute atomic E-state index is 12.6. The van der Waals surface area contributed by atoms with Gasteiger partial charge in [0.25, 0.3) is 5.91 Å². The fourth-order valence-corrected chi connectivity index (χ4v) is 3.94. The molecule has 1 saturated heterocycles. The molecule has 0 radical (unpaired) electrons. The van der Waals surface area contributed by atoms with Crippen LogP contribution >= 0.6 is 12.4 Å². The monoisotopic (exact) mass is 358 g/mol. The Balaban J connectivity index is 0.00000208. The molecular formula is C19H35ClN2O2. The molecule has 3 fully saturated rings. The van der Waals surface area contributed by atoms with Gasteiger partial charge in [0.1, 0.15) is 6.10 Å². The Labute approximate surface area is 153 Å². The summed E-state index contributed by atoms with van der Waals surface area (Å²) in [7, 11) is 0. The summed E-state index contributed by atoms with van der Waals surface area (Å²) < 4.78 is 6.09. The van der Waals surface area contributed by atoms with E-state index in [1.807, 2.05) is 11.8 Å². The number of carbonyl (C=O) groups excluding carboxylic acids is 1. The molecule has 1 unspecified atom stereocenters. The van der Waals surface area contributed by atoms with Gasteiger partial charge >= 0.3 is 0 Å². The molecule has 0 aromatic carbocycles. The second kappa shape index (κ2) is 9.98. The molecule has 1 aliphatic heterocycles. The van der Waals surface area contributed by atoms with E-state index in [4.69, 9.17) is 4.74 Å². The average Bonchev–Trinajstić information content (AvgIpc) is 3.40. The first kappa shape index (κ1) is 20.0. The fraction of sp³-hybridized carbons (Fsp3) is 0.947. The average molecular weight is 359 g/mol. The van der Waals surface area contributed by atoms with Crippen molar-refractivity contribution in [1.82, 2.24) is 10.2 Å². The van der Waals surface area contributed by atoms with Crippen molar-refractivity contribution in [1.29, 1.82) is 0 Å². The minimum absolute atomic E-state index is 0. The number of ether oxygens (including phenoxy) is 1. The summed E-state index contributed by atoms with van der Waals surface area (Å²) in [4.78, 5) is 14.6. The van der Waals surface area contributed by atoms with Gasteiger partial charge in [-0.3, -0.25) is 4.79 Å². The molecule has 24 heavy (non-hydrogen) atoms. The van der Waals surface area contributed by atoms with E-state index in [2.05, 4.69) is 5.32 Å². The van der Waals surface area contributed by atoms with Crippen molar-refractivity contribution in [2.45, 2.75) is 89.4 Å². The molecule has 1 heterocycles. The smallest absolute Gasteiger partial charge is 0.251 e. The predicted octanol–water partition coefficient (Wildman–Crippen LogP) is 3.53. The van der Waals surface area contributed by atoms with Crippen LogP contribution in [0.4, 0.5) is 0 Å². The van der Waals surface area contributed by atoms with Gasteiger partial charge in [-0.1, -0.05) is 25.7 Å². The van der Waals surface area contributed by atoms with Crippen LogP contribution in [0, 0.1) is 5.92 Å². The lowest BCUT2D eigenvalue weighted by molar-refractivity contribution is -0.147. The summed E-state index contributed by atoms with van der Waals surface area (Å²) in [6.45, 7) is 4.91. The molecule has 1 atom stereocenters. The number of nitrogens with one attached hydrogen (secondary N) is 1. The Bertz CT molecular complexity index is 374. The summed E-state index contributed by atoms with van der Waals surface area (Å²) in [5, 5.41) is 3.68. The largest absolute Gasteiger partial charge is 0.365 e. The van der Waals surface area contributed by atoms with Crippen LogP contribution in [0.2, 0.25) is 0 Å². The minimum atomic E-state index is -0.269. The van der Waals surface area contributed by atoms with E-state index in [9.17, 15) is 4.79 Å². The molecule has 1 amide bonds. The van der Waals surface area contributed by atoms with Gasteiger partial charge in [-0.25, -0.2) is 0 Å². The first-order valence-corrected chi connectivity index (χ1v) is 9.90. The SMILES string of the molecule is CC(OC1CCCCCC1)C(=O)N1CCC(NCC2CC2)CC1.Cl. The number of amides is 1. The van der Waals surface area contributed by atoms with Crippen molar-refractivity contribution in [3.8, 4) is 0 Å². The Kier molecular flexibility index (Phi) is 8.32. The van der Waals surface area contributed by atoms with Crippen LogP contribution in [0.15, 0.2) is 0 Å². The molecule has 2 aliphatic carbocycles. The van der Waals surface area contributed by atoms with Crippen molar-refractivity contribution in [3.63, 3.8) is 0 Å². The molecule has 3 aliphatic rings. The van der Waals surface area contributed by atoms with Crippen molar-refractivity contribution in [2.24, 2.45) is 5.92 Å². The first-order valence-electron chi connectivity index (χ1n) is 9.90. The highest BCUT2D eigenvalue weighted by atomic mass is 35.5. The zero-order valence-electron chi connectivity index (χ0n) is 15.2. The van der Waals surface area contributed by atoms with Gasteiger partial charge in [0.2, 0.25) is 0 Å². The van der Waals surface area contributed by atoms with E-state index in [0.717, 1.165) is 44.7 Å². The summed E-state index contributed by atoms with van der Waals surface area (Å²) in [5.74, 6) is 1.14. The van der Waals surface area contributed by atoms with Gasteiger partial charge in [0.05, 0.1) is 6.10 Å². The Morgan fingerprint density at radius 2 is 1.67 bits per heavy atom. The Morgan fingerprint density at radius 3 is 2.25 bits per heavy atom. The van der Waals surface area contributed by atoms with Gasteiger partial charge < -0.3 is 15.0 Å². The van der Waals surface area contributed by atoms with Crippen LogP contribution in [0.5, 0.6) is 0 Å². The first-order chi connectivity index (χ1) is 11.2. The third-order valence-corrected chi connectivity index (χ3v) is 5.75. The van der Waals surface area contributed by atoms with E-state index in [-0.39, 0.29) is 24.4 Å². The Hall–Kier alpha value is -0.320. The third kappa shape index (κ3) is 6.20. The second-order valence-electron chi connectivity index (χ2n) is 7.84. The maximum Gasteiger partial charge on any atom is 0.251 e. The van der Waals surface area contributed by atoms with Crippen molar-refractivity contribution in [3.05, 3.63) is 0 Å². The molecule has 0 spiro atoms. The number of piperidine rings is 1. The number of rotatable bonds is 6.